The Kier molecular flexibility index (Phi) is 8.02. The average molecular weight is 499 g/mol. The standard InChI is InChI=1S/C28H35ClN2O4/c1-20-8-7-9-21(2)26(20)27(33)31-14-15-35-28(18-31,17-25(32)30-12-5-4-6-13-30)19-34-23-10-11-24(29)22(3)16-23/h7-11,16H,4-6,12-15,17-19H2,1-3H3/t28-/m0/s1. The lowest BCUT2D eigenvalue weighted by Crippen LogP contribution is -2.58. The van der Waals surface area contributed by atoms with Gasteiger partial charge in [0.25, 0.3) is 5.91 Å². The van der Waals surface area contributed by atoms with Crippen molar-refractivity contribution in [2.45, 2.75) is 52.1 Å². The largest absolute Gasteiger partial charge is 0.490 e. The normalized spacial score (nSPS) is 20.6. The van der Waals surface area contributed by atoms with Crippen LogP contribution in [-0.2, 0) is 9.53 Å². The summed E-state index contributed by atoms with van der Waals surface area (Å²) < 4.78 is 12.4. The van der Waals surface area contributed by atoms with E-state index in [9.17, 15) is 9.59 Å². The summed E-state index contributed by atoms with van der Waals surface area (Å²) in [7, 11) is 0. The number of carbonyl (C=O) groups is 2. The molecule has 0 bridgehead atoms. The first-order chi connectivity index (χ1) is 16.8. The van der Waals surface area contributed by atoms with E-state index in [1.807, 2.05) is 60.9 Å². The van der Waals surface area contributed by atoms with Crippen LogP contribution in [0.5, 0.6) is 5.75 Å². The van der Waals surface area contributed by atoms with Crippen LogP contribution in [0, 0.1) is 20.8 Å². The number of ether oxygens (including phenoxy) is 2. The van der Waals surface area contributed by atoms with Crippen LogP contribution in [0.3, 0.4) is 0 Å². The van der Waals surface area contributed by atoms with Crippen LogP contribution >= 0.6 is 11.6 Å². The zero-order valence-corrected chi connectivity index (χ0v) is 21.7. The second kappa shape index (κ2) is 11.0. The molecule has 2 aliphatic rings. The van der Waals surface area contributed by atoms with E-state index in [2.05, 4.69) is 0 Å². The molecule has 7 heteroatoms. The van der Waals surface area contributed by atoms with Gasteiger partial charge in [-0.3, -0.25) is 9.59 Å². The predicted molar refractivity (Wildman–Crippen MR) is 137 cm³/mol. The van der Waals surface area contributed by atoms with Crippen LogP contribution in [0.2, 0.25) is 5.02 Å². The van der Waals surface area contributed by atoms with Gasteiger partial charge in [-0.25, -0.2) is 0 Å². The number of benzene rings is 2. The van der Waals surface area contributed by atoms with Crippen molar-refractivity contribution in [3.8, 4) is 5.75 Å². The molecule has 2 amide bonds. The van der Waals surface area contributed by atoms with Crippen LogP contribution in [0.1, 0.15) is 52.7 Å². The minimum absolute atomic E-state index is 0.0268. The highest BCUT2D eigenvalue weighted by atomic mass is 35.5. The third kappa shape index (κ3) is 5.99. The van der Waals surface area contributed by atoms with Crippen molar-refractivity contribution in [1.29, 1.82) is 0 Å². The Morgan fingerprint density at radius 3 is 2.37 bits per heavy atom. The SMILES string of the molecule is Cc1cc(OC[C@]2(CC(=O)N3CCCCC3)CN(C(=O)c3c(C)cccc3C)CCO2)ccc1Cl. The number of piperidine rings is 1. The fourth-order valence-electron chi connectivity index (χ4n) is 5.03. The first-order valence-electron chi connectivity index (χ1n) is 12.4. The molecule has 0 unspecified atom stereocenters. The molecule has 4 rings (SSSR count). The zero-order valence-electron chi connectivity index (χ0n) is 20.9. The Bertz CT molecular complexity index is 1060. The van der Waals surface area contributed by atoms with E-state index in [-0.39, 0.29) is 24.8 Å². The lowest BCUT2D eigenvalue weighted by Gasteiger charge is -2.43. The van der Waals surface area contributed by atoms with E-state index in [1.165, 1.54) is 0 Å². The van der Waals surface area contributed by atoms with Crippen LogP contribution in [0.25, 0.3) is 0 Å². The van der Waals surface area contributed by atoms with E-state index in [0.717, 1.165) is 54.6 Å². The fourth-order valence-corrected chi connectivity index (χ4v) is 5.14. The van der Waals surface area contributed by atoms with Crippen molar-refractivity contribution in [1.82, 2.24) is 9.80 Å². The highest BCUT2D eigenvalue weighted by Gasteiger charge is 2.43. The zero-order chi connectivity index (χ0) is 25.0. The number of aryl methyl sites for hydroxylation is 3. The van der Waals surface area contributed by atoms with E-state index in [0.29, 0.717) is 30.5 Å². The third-order valence-electron chi connectivity index (χ3n) is 7.04. The Hall–Kier alpha value is -2.57. The third-order valence-corrected chi connectivity index (χ3v) is 7.47. The molecule has 188 valence electrons. The summed E-state index contributed by atoms with van der Waals surface area (Å²) >= 11 is 6.17. The van der Waals surface area contributed by atoms with Crippen LogP contribution < -0.4 is 4.74 Å². The second-order valence-electron chi connectivity index (χ2n) is 9.84. The van der Waals surface area contributed by atoms with Gasteiger partial charge >= 0.3 is 0 Å². The van der Waals surface area contributed by atoms with E-state index in [4.69, 9.17) is 21.1 Å². The van der Waals surface area contributed by atoms with Crippen LogP contribution in [-0.4, -0.2) is 66.6 Å². The molecular formula is C28H35ClN2O4. The number of hydrogen-bond acceptors (Lipinski definition) is 4. The van der Waals surface area contributed by atoms with Crippen molar-refractivity contribution in [3.63, 3.8) is 0 Å². The lowest BCUT2D eigenvalue weighted by atomic mass is 9.94. The predicted octanol–water partition coefficient (Wildman–Crippen LogP) is 4.96. The number of nitrogens with zero attached hydrogens (tertiary/aromatic N) is 2. The first-order valence-corrected chi connectivity index (χ1v) is 12.8. The molecular weight excluding hydrogens is 464 g/mol. The van der Waals surface area contributed by atoms with E-state index >= 15 is 0 Å². The fraction of sp³-hybridized carbons (Fsp3) is 0.500. The van der Waals surface area contributed by atoms with Crippen molar-refractivity contribution >= 4 is 23.4 Å². The smallest absolute Gasteiger partial charge is 0.254 e. The molecule has 0 aliphatic carbocycles. The Morgan fingerprint density at radius 1 is 0.971 bits per heavy atom. The summed E-state index contributed by atoms with van der Waals surface area (Å²) in [5, 5.41) is 0.673. The number of carbonyl (C=O) groups excluding carboxylic acids is 2. The number of rotatable bonds is 6. The van der Waals surface area contributed by atoms with Gasteiger partial charge in [-0.05, 0) is 74.9 Å². The molecule has 6 nitrogen and oxygen atoms in total. The second-order valence-corrected chi connectivity index (χ2v) is 10.3. The number of hydrogen-bond donors (Lipinski definition) is 0. The van der Waals surface area contributed by atoms with Gasteiger partial charge in [0.2, 0.25) is 5.91 Å². The first kappa shape index (κ1) is 25.5. The summed E-state index contributed by atoms with van der Waals surface area (Å²) in [5.41, 5.74) is 2.61. The van der Waals surface area contributed by atoms with Gasteiger partial charge in [0, 0.05) is 30.2 Å². The maximum atomic E-state index is 13.6. The molecule has 2 aromatic carbocycles. The van der Waals surface area contributed by atoms with E-state index < -0.39 is 5.60 Å². The number of amides is 2. The topological polar surface area (TPSA) is 59.1 Å². The molecule has 35 heavy (non-hydrogen) atoms. The Morgan fingerprint density at radius 2 is 1.69 bits per heavy atom. The summed E-state index contributed by atoms with van der Waals surface area (Å²) in [4.78, 5) is 30.6. The van der Waals surface area contributed by atoms with Gasteiger partial charge < -0.3 is 19.3 Å². The molecule has 2 fully saturated rings. The minimum Gasteiger partial charge on any atom is -0.490 e. The van der Waals surface area contributed by atoms with Gasteiger partial charge in [-0.15, -0.1) is 0 Å². The molecule has 2 saturated heterocycles. The lowest BCUT2D eigenvalue weighted by molar-refractivity contribution is -0.153. The monoisotopic (exact) mass is 498 g/mol. The highest BCUT2D eigenvalue weighted by molar-refractivity contribution is 6.31. The number of halogens is 1. The molecule has 1 atom stereocenters. The molecule has 0 spiro atoms. The number of likely N-dealkylation sites (tertiary alicyclic amines) is 1. The molecule has 0 N–H and O–H groups in total. The van der Waals surface area contributed by atoms with Crippen molar-refractivity contribution in [3.05, 3.63) is 63.7 Å². The summed E-state index contributed by atoms with van der Waals surface area (Å²) in [6, 6.07) is 11.4. The van der Waals surface area contributed by atoms with Crippen molar-refractivity contribution < 1.29 is 19.1 Å². The summed E-state index contributed by atoms with van der Waals surface area (Å²) in [6.45, 7) is 8.69. The Labute approximate surface area is 213 Å². The van der Waals surface area contributed by atoms with Gasteiger partial charge in [-0.2, -0.15) is 0 Å². The van der Waals surface area contributed by atoms with Gasteiger partial charge in [0.1, 0.15) is 18.0 Å². The van der Waals surface area contributed by atoms with Crippen LogP contribution in [0.4, 0.5) is 0 Å². The number of morpholine rings is 1. The highest BCUT2D eigenvalue weighted by Crippen LogP contribution is 2.29. The Balaban J connectivity index is 1.57. The summed E-state index contributed by atoms with van der Waals surface area (Å²) in [5.74, 6) is 0.696. The van der Waals surface area contributed by atoms with Crippen LogP contribution in [0.15, 0.2) is 36.4 Å². The molecule has 2 heterocycles. The molecule has 2 aromatic rings. The van der Waals surface area contributed by atoms with Crippen molar-refractivity contribution in [2.75, 3.05) is 39.4 Å². The quantitative estimate of drug-likeness (QED) is 0.565. The molecule has 0 aromatic heterocycles. The molecule has 0 radical (unpaired) electrons. The summed E-state index contributed by atoms with van der Waals surface area (Å²) in [6.07, 6.45) is 3.38. The maximum Gasteiger partial charge on any atom is 0.254 e. The van der Waals surface area contributed by atoms with E-state index in [1.54, 1.807) is 6.07 Å². The maximum absolute atomic E-state index is 13.6. The minimum atomic E-state index is -0.924. The molecule has 0 saturated carbocycles. The van der Waals surface area contributed by atoms with Gasteiger partial charge in [0.05, 0.1) is 19.6 Å². The van der Waals surface area contributed by atoms with Gasteiger partial charge in [-0.1, -0.05) is 29.8 Å². The molecule has 2 aliphatic heterocycles. The average Bonchev–Trinajstić information content (AvgIpc) is 2.85. The van der Waals surface area contributed by atoms with Gasteiger partial charge in [0.15, 0.2) is 0 Å². The van der Waals surface area contributed by atoms with Crippen molar-refractivity contribution in [2.24, 2.45) is 0 Å².